The van der Waals surface area contributed by atoms with E-state index in [1.807, 2.05) is 32.0 Å². The SMILES string of the molecule is CC(C)C1=NO[C@@H](C(=O)N2CC(Oc3ccccc3Cl)C2)C1. The number of para-hydroxylation sites is 1. The molecular weight excluding hydrogens is 304 g/mol. The van der Waals surface area contributed by atoms with Gasteiger partial charge in [-0.3, -0.25) is 4.79 Å². The van der Waals surface area contributed by atoms with Gasteiger partial charge in [0.15, 0.2) is 0 Å². The number of hydrogen-bond donors (Lipinski definition) is 0. The quantitative estimate of drug-likeness (QED) is 0.856. The molecule has 1 aromatic rings. The number of hydrogen-bond acceptors (Lipinski definition) is 4. The smallest absolute Gasteiger partial charge is 0.267 e. The maximum absolute atomic E-state index is 12.3. The molecule has 0 unspecified atom stereocenters. The highest BCUT2D eigenvalue weighted by Gasteiger charge is 2.39. The molecule has 5 nitrogen and oxygen atoms in total. The van der Waals surface area contributed by atoms with Gasteiger partial charge in [-0.2, -0.15) is 0 Å². The molecule has 6 heteroatoms. The fourth-order valence-corrected chi connectivity index (χ4v) is 2.67. The first-order valence-corrected chi connectivity index (χ1v) is 7.85. The number of oxime groups is 1. The van der Waals surface area contributed by atoms with Crippen LogP contribution in [0.3, 0.4) is 0 Å². The molecule has 0 radical (unpaired) electrons. The van der Waals surface area contributed by atoms with Crippen molar-refractivity contribution in [3.63, 3.8) is 0 Å². The number of amides is 1. The molecule has 1 saturated heterocycles. The largest absolute Gasteiger partial charge is 0.485 e. The Morgan fingerprint density at radius 2 is 2.14 bits per heavy atom. The van der Waals surface area contributed by atoms with Crippen molar-refractivity contribution >= 4 is 23.2 Å². The molecule has 2 aliphatic rings. The molecule has 22 heavy (non-hydrogen) atoms. The van der Waals surface area contributed by atoms with Crippen molar-refractivity contribution < 1.29 is 14.4 Å². The van der Waals surface area contributed by atoms with E-state index in [1.165, 1.54) is 0 Å². The van der Waals surface area contributed by atoms with Gasteiger partial charge in [0.1, 0.15) is 11.9 Å². The predicted octanol–water partition coefficient (Wildman–Crippen LogP) is 2.73. The summed E-state index contributed by atoms with van der Waals surface area (Å²) in [6, 6.07) is 7.35. The molecule has 0 aromatic heterocycles. The van der Waals surface area contributed by atoms with Gasteiger partial charge < -0.3 is 14.5 Å². The minimum atomic E-state index is -0.473. The molecule has 0 N–H and O–H groups in total. The molecular formula is C16H19ClN2O3. The second-order valence-electron chi connectivity index (χ2n) is 5.95. The Labute approximate surface area is 134 Å². The summed E-state index contributed by atoms with van der Waals surface area (Å²) in [5.41, 5.74) is 0.947. The number of nitrogens with zero attached hydrogens (tertiary/aromatic N) is 2. The summed E-state index contributed by atoms with van der Waals surface area (Å²) in [5.74, 6) is 0.952. The van der Waals surface area contributed by atoms with E-state index in [0.29, 0.717) is 36.2 Å². The molecule has 118 valence electrons. The van der Waals surface area contributed by atoms with Crippen LogP contribution < -0.4 is 4.74 Å². The normalized spacial score (nSPS) is 21.4. The fraction of sp³-hybridized carbons (Fsp3) is 0.500. The summed E-state index contributed by atoms with van der Waals surface area (Å²) in [6.45, 7) is 5.21. The first-order valence-electron chi connectivity index (χ1n) is 7.47. The zero-order valence-electron chi connectivity index (χ0n) is 12.7. The van der Waals surface area contributed by atoms with Crippen molar-refractivity contribution in [3.05, 3.63) is 29.3 Å². The van der Waals surface area contributed by atoms with Crippen molar-refractivity contribution in [2.24, 2.45) is 11.1 Å². The molecule has 0 bridgehead atoms. The van der Waals surface area contributed by atoms with E-state index in [4.69, 9.17) is 21.2 Å². The van der Waals surface area contributed by atoms with Crippen molar-refractivity contribution in [3.8, 4) is 5.75 Å². The first-order chi connectivity index (χ1) is 10.5. The van der Waals surface area contributed by atoms with E-state index in [9.17, 15) is 4.79 Å². The monoisotopic (exact) mass is 322 g/mol. The van der Waals surface area contributed by atoms with E-state index < -0.39 is 6.10 Å². The lowest BCUT2D eigenvalue weighted by Crippen LogP contribution is -2.58. The van der Waals surface area contributed by atoms with Gasteiger partial charge >= 0.3 is 0 Å². The van der Waals surface area contributed by atoms with E-state index in [2.05, 4.69) is 5.16 Å². The highest BCUT2D eigenvalue weighted by molar-refractivity contribution is 6.32. The van der Waals surface area contributed by atoms with E-state index in [0.717, 1.165) is 5.71 Å². The Kier molecular flexibility index (Phi) is 4.25. The molecule has 0 saturated carbocycles. The van der Waals surface area contributed by atoms with Gasteiger partial charge in [0, 0.05) is 6.42 Å². The molecule has 1 aromatic carbocycles. The molecule has 2 aliphatic heterocycles. The Balaban J connectivity index is 1.48. The van der Waals surface area contributed by atoms with Crippen molar-refractivity contribution in [1.82, 2.24) is 4.90 Å². The lowest BCUT2D eigenvalue weighted by molar-refractivity contribution is -0.151. The van der Waals surface area contributed by atoms with E-state index >= 15 is 0 Å². The maximum atomic E-state index is 12.3. The number of ether oxygens (including phenoxy) is 1. The average molecular weight is 323 g/mol. The van der Waals surface area contributed by atoms with Crippen molar-refractivity contribution in [2.45, 2.75) is 32.5 Å². The zero-order valence-corrected chi connectivity index (χ0v) is 13.4. The summed E-state index contributed by atoms with van der Waals surface area (Å²) < 4.78 is 5.79. The van der Waals surface area contributed by atoms with Crippen molar-refractivity contribution in [2.75, 3.05) is 13.1 Å². The summed E-state index contributed by atoms with van der Waals surface area (Å²) in [7, 11) is 0. The fourth-order valence-electron chi connectivity index (χ4n) is 2.49. The Morgan fingerprint density at radius 1 is 1.41 bits per heavy atom. The lowest BCUT2D eigenvalue weighted by atomic mass is 10.0. The second-order valence-corrected chi connectivity index (χ2v) is 6.36. The van der Waals surface area contributed by atoms with Crippen LogP contribution in [0.2, 0.25) is 5.02 Å². The molecule has 1 fully saturated rings. The van der Waals surface area contributed by atoms with Crippen LogP contribution in [0.1, 0.15) is 20.3 Å². The van der Waals surface area contributed by atoms with Gasteiger partial charge in [-0.15, -0.1) is 0 Å². The third-order valence-electron chi connectivity index (χ3n) is 3.92. The summed E-state index contributed by atoms with van der Waals surface area (Å²) >= 11 is 6.06. The number of carbonyl (C=O) groups excluding carboxylic acids is 1. The lowest BCUT2D eigenvalue weighted by Gasteiger charge is -2.39. The number of halogens is 1. The van der Waals surface area contributed by atoms with Crippen LogP contribution in [-0.4, -0.2) is 41.8 Å². The zero-order chi connectivity index (χ0) is 15.7. The van der Waals surface area contributed by atoms with Gasteiger partial charge in [0.25, 0.3) is 5.91 Å². The van der Waals surface area contributed by atoms with Gasteiger partial charge in [-0.05, 0) is 18.1 Å². The predicted molar refractivity (Wildman–Crippen MR) is 84.2 cm³/mol. The van der Waals surface area contributed by atoms with E-state index in [1.54, 1.807) is 11.0 Å². The van der Waals surface area contributed by atoms with Gasteiger partial charge in [0.2, 0.25) is 6.10 Å². The van der Waals surface area contributed by atoms with Gasteiger partial charge in [0.05, 0.1) is 23.8 Å². The topological polar surface area (TPSA) is 51.1 Å². The van der Waals surface area contributed by atoms with Crippen LogP contribution in [0.25, 0.3) is 0 Å². The van der Waals surface area contributed by atoms with Crippen LogP contribution in [0.4, 0.5) is 0 Å². The molecule has 1 amide bonds. The summed E-state index contributed by atoms with van der Waals surface area (Å²) in [5, 5.41) is 4.58. The van der Waals surface area contributed by atoms with Crippen LogP contribution in [0, 0.1) is 5.92 Å². The Bertz CT molecular complexity index is 597. The van der Waals surface area contributed by atoms with Crippen LogP contribution in [-0.2, 0) is 9.63 Å². The van der Waals surface area contributed by atoms with Gasteiger partial charge in [-0.25, -0.2) is 0 Å². The Morgan fingerprint density at radius 3 is 2.77 bits per heavy atom. The molecule has 3 rings (SSSR count). The number of carbonyl (C=O) groups is 1. The molecule has 1 atom stereocenters. The van der Waals surface area contributed by atoms with E-state index in [-0.39, 0.29) is 12.0 Å². The standard InChI is InChI=1S/C16H19ClN2O3/c1-10(2)13-7-15(22-18-13)16(20)19-8-11(9-19)21-14-6-4-3-5-12(14)17/h3-6,10-11,15H,7-9H2,1-2H3/t15-/m1/s1. The minimum Gasteiger partial charge on any atom is -0.485 e. The Hall–Kier alpha value is -1.75. The van der Waals surface area contributed by atoms with Crippen LogP contribution >= 0.6 is 11.6 Å². The van der Waals surface area contributed by atoms with Crippen LogP contribution in [0.15, 0.2) is 29.4 Å². The molecule has 0 spiro atoms. The third-order valence-corrected chi connectivity index (χ3v) is 4.24. The summed E-state index contributed by atoms with van der Waals surface area (Å²) in [6.07, 6.45) is 0.0951. The first kappa shape index (κ1) is 15.2. The minimum absolute atomic E-state index is 0.0154. The molecule has 0 aliphatic carbocycles. The number of likely N-dealkylation sites (tertiary alicyclic amines) is 1. The summed E-state index contributed by atoms with van der Waals surface area (Å²) in [4.78, 5) is 19.3. The van der Waals surface area contributed by atoms with Crippen LogP contribution in [0.5, 0.6) is 5.75 Å². The second kappa shape index (κ2) is 6.16. The van der Waals surface area contributed by atoms with Crippen molar-refractivity contribution in [1.29, 1.82) is 0 Å². The number of rotatable bonds is 4. The van der Waals surface area contributed by atoms with Gasteiger partial charge in [-0.1, -0.05) is 42.7 Å². The molecule has 2 heterocycles. The third kappa shape index (κ3) is 3.04. The maximum Gasteiger partial charge on any atom is 0.267 e. The highest BCUT2D eigenvalue weighted by atomic mass is 35.5. The number of benzene rings is 1. The average Bonchev–Trinajstić information content (AvgIpc) is 2.93. The highest BCUT2D eigenvalue weighted by Crippen LogP contribution is 2.27.